The average Bonchev–Trinajstić information content (AvgIpc) is 3.49. The second-order valence-corrected chi connectivity index (χ2v) is 11.5. The maximum atomic E-state index is 12.4. The van der Waals surface area contributed by atoms with Crippen molar-refractivity contribution in [1.29, 1.82) is 0 Å². The Morgan fingerprint density at radius 3 is 2.41 bits per heavy atom. The number of nitrogens with one attached hydrogen (secondary N) is 1. The molecule has 2 N–H and O–H groups in total. The van der Waals surface area contributed by atoms with Crippen LogP contribution in [0.3, 0.4) is 0 Å². The summed E-state index contributed by atoms with van der Waals surface area (Å²) in [6, 6.07) is 23.1. The Hall–Kier alpha value is -3.97. The van der Waals surface area contributed by atoms with E-state index in [1.54, 1.807) is 23.5 Å². The Morgan fingerprint density at radius 1 is 0.951 bits per heavy atom. The number of carboxylic acid groups (broad SMARTS) is 1. The first kappa shape index (κ1) is 28.6. The van der Waals surface area contributed by atoms with Crippen LogP contribution in [0, 0.1) is 0 Å². The number of aromatic nitrogens is 1. The van der Waals surface area contributed by atoms with Gasteiger partial charge < -0.3 is 15.3 Å². The van der Waals surface area contributed by atoms with E-state index in [-0.39, 0.29) is 18.9 Å². The number of aryl methyl sites for hydroxylation is 3. The van der Waals surface area contributed by atoms with Gasteiger partial charge in [0.05, 0.1) is 18.7 Å². The van der Waals surface area contributed by atoms with Gasteiger partial charge in [-0.05, 0) is 85.0 Å². The topological polar surface area (TPSA) is 82.5 Å². The third kappa shape index (κ3) is 7.41. The summed E-state index contributed by atoms with van der Waals surface area (Å²) in [6.07, 6.45) is 8.12. The first-order valence-electron chi connectivity index (χ1n) is 14.5. The lowest BCUT2D eigenvalue weighted by atomic mass is 9.91. The number of thiazole rings is 1. The summed E-state index contributed by atoms with van der Waals surface area (Å²) in [5, 5.41) is 14.5. The quantitative estimate of drug-likeness (QED) is 0.184. The van der Waals surface area contributed by atoms with Gasteiger partial charge in [-0.1, -0.05) is 55.8 Å². The highest BCUT2D eigenvalue weighted by atomic mass is 32.1. The number of hydrogen-bond acceptors (Lipinski definition) is 5. The van der Waals surface area contributed by atoms with Crippen LogP contribution in [0.15, 0.2) is 72.1 Å². The molecule has 41 heavy (non-hydrogen) atoms. The maximum absolute atomic E-state index is 12.4. The van der Waals surface area contributed by atoms with Crippen molar-refractivity contribution in [3.05, 3.63) is 99.9 Å². The van der Waals surface area contributed by atoms with E-state index in [0.29, 0.717) is 12.1 Å². The highest BCUT2D eigenvalue weighted by molar-refractivity contribution is 7.14. The zero-order chi connectivity index (χ0) is 28.6. The molecule has 0 aliphatic heterocycles. The third-order valence-electron chi connectivity index (χ3n) is 7.62. The number of fused-ring (bicyclic) bond motifs is 1. The van der Waals surface area contributed by atoms with Crippen molar-refractivity contribution in [2.45, 2.75) is 64.8 Å². The third-order valence-corrected chi connectivity index (χ3v) is 8.48. The van der Waals surface area contributed by atoms with Crippen molar-refractivity contribution < 1.29 is 14.7 Å². The molecular formula is C34H37N3O3S. The number of nitrogens with zero attached hydrogens (tertiary/aromatic N) is 2. The van der Waals surface area contributed by atoms with Crippen LogP contribution in [0.4, 0.5) is 10.8 Å². The molecule has 0 bridgehead atoms. The Bertz CT molecular complexity index is 1480. The number of rotatable bonds is 12. The van der Waals surface area contributed by atoms with E-state index in [4.69, 9.17) is 10.1 Å². The van der Waals surface area contributed by atoms with Crippen LogP contribution >= 0.6 is 11.3 Å². The fourth-order valence-electron chi connectivity index (χ4n) is 5.23. The van der Waals surface area contributed by atoms with Crippen LogP contribution in [0.25, 0.3) is 11.3 Å². The summed E-state index contributed by atoms with van der Waals surface area (Å²) in [6.45, 7) is 2.94. The number of anilines is 2. The summed E-state index contributed by atoms with van der Waals surface area (Å²) in [5.74, 6) is -1.20. The van der Waals surface area contributed by atoms with Crippen molar-refractivity contribution in [3.8, 4) is 11.3 Å². The molecule has 1 aliphatic carbocycles. The summed E-state index contributed by atoms with van der Waals surface area (Å²) < 4.78 is 0. The minimum absolute atomic E-state index is 0.0988. The van der Waals surface area contributed by atoms with Gasteiger partial charge in [0.25, 0.3) is 5.91 Å². The smallest absolute Gasteiger partial charge is 0.305 e. The second-order valence-electron chi connectivity index (χ2n) is 10.7. The van der Waals surface area contributed by atoms with E-state index in [1.165, 1.54) is 42.4 Å². The molecule has 0 unspecified atom stereocenters. The van der Waals surface area contributed by atoms with Gasteiger partial charge in [-0.2, -0.15) is 0 Å². The van der Waals surface area contributed by atoms with E-state index >= 15 is 0 Å². The number of amides is 1. The SMILES string of the molecule is CCCCc1ccc(-c2csc(N(Cc3ccc(C(=O)NCCC(=O)O)cc3)c3ccc4c(c3)CCCC4)n2)cc1. The molecule has 1 amide bonds. The zero-order valence-corrected chi connectivity index (χ0v) is 24.4. The summed E-state index contributed by atoms with van der Waals surface area (Å²) in [5.41, 5.74) is 9.02. The molecule has 0 saturated heterocycles. The Morgan fingerprint density at radius 2 is 1.68 bits per heavy atom. The summed E-state index contributed by atoms with van der Waals surface area (Å²) >= 11 is 1.64. The molecular weight excluding hydrogens is 530 g/mol. The maximum Gasteiger partial charge on any atom is 0.305 e. The molecule has 212 valence electrons. The predicted octanol–water partition coefficient (Wildman–Crippen LogP) is 7.57. The zero-order valence-electron chi connectivity index (χ0n) is 23.6. The molecule has 0 spiro atoms. The first-order valence-corrected chi connectivity index (χ1v) is 15.4. The molecule has 0 atom stereocenters. The van der Waals surface area contributed by atoms with Crippen molar-refractivity contribution in [2.75, 3.05) is 11.4 Å². The van der Waals surface area contributed by atoms with Gasteiger partial charge in [0.2, 0.25) is 0 Å². The van der Waals surface area contributed by atoms with Crippen LogP contribution < -0.4 is 10.2 Å². The van der Waals surface area contributed by atoms with Crippen LogP contribution in [-0.4, -0.2) is 28.5 Å². The molecule has 5 rings (SSSR count). The van der Waals surface area contributed by atoms with E-state index in [9.17, 15) is 9.59 Å². The molecule has 1 heterocycles. The number of carboxylic acids is 1. The highest BCUT2D eigenvalue weighted by Crippen LogP contribution is 2.35. The molecule has 1 aromatic heterocycles. The largest absolute Gasteiger partial charge is 0.481 e. The van der Waals surface area contributed by atoms with Gasteiger partial charge >= 0.3 is 5.97 Å². The lowest BCUT2D eigenvalue weighted by Crippen LogP contribution is -2.26. The summed E-state index contributed by atoms with van der Waals surface area (Å²) in [4.78, 5) is 30.5. The highest BCUT2D eigenvalue weighted by Gasteiger charge is 2.18. The van der Waals surface area contributed by atoms with Crippen molar-refractivity contribution in [2.24, 2.45) is 0 Å². The fourth-order valence-corrected chi connectivity index (χ4v) is 6.08. The molecule has 6 nitrogen and oxygen atoms in total. The Labute approximate surface area is 246 Å². The minimum atomic E-state index is -0.933. The van der Waals surface area contributed by atoms with Crippen molar-refractivity contribution >= 4 is 34.0 Å². The first-order chi connectivity index (χ1) is 20.0. The van der Waals surface area contributed by atoms with Crippen molar-refractivity contribution in [1.82, 2.24) is 10.3 Å². The Kier molecular flexibility index (Phi) is 9.47. The van der Waals surface area contributed by atoms with E-state index in [0.717, 1.165) is 46.9 Å². The van der Waals surface area contributed by atoms with Gasteiger partial charge in [-0.3, -0.25) is 9.59 Å². The standard InChI is InChI=1S/C34H37N3O3S/c1-2-3-6-24-9-13-27(14-10-24)31-23-41-34(36-31)37(30-18-17-26-7-4-5-8-29(26)21-30)22-25-11-15-28(16-12-25)33(40)35-20-19-32(38)39/h9-18,21,23H,2-8,19-20,22H2,1H3,(H,35,40)(H,38,39). The molecule has 1 aliphatic rings. The number of carbonyl (C=O) groups is 2. The van der Waals surface area contributed by atoms with Crippen molar-refractivity contribution in [3.63, 3.8) is 0 Å². The van der Waals surface area contributed by atoms with Gasteiger partial charge in [0.1, 0.15) is 0 Å². The van der Waals surface area contributed by atoms with Crippen LogP contribution in [0.2, 0.25) is 0 Å². The van der Waals surface area contributed by atoms with E-state index in [2.05, 4.69) is 65.0 Å². The number of hydrogen-bond donors (Lipinski definition) is 2. The number of aliphatic carboxylic acids is 1. The average molecular weight is 568 g/mol. The monoisotopic (exact) mass is 567 g/mol. The molecule has 0 fully saturated rings. The Balaban J connectivity index is 1.38. The lowest BCUT2D eigenvalue weighted by molar-refractivity contribution is -0.136. The number of unbranched alkanes of at least 4 members (excludes halogenated alkanes) is 1. The minimum Gasteiger partial charge on any atom is -0.481 e. The molecule has 3 aromatic carbocycles. The fraction of sp³-hybridized carbons (Fsp3) is 0.324. The molecule has 7 heteroatoms. The van der Waals surface area contributed by atoms with Gasteiger partial charge in [-0.15, -0.1) is 11.3 Å². The van der Waals surface area contributed by atoms with Crippen LogP contribution in [0.1, 0.15) is 71.6 Å². The number of carbonyl (C=O) groups excluding carboxylic acids is 1. The molecule has 0 saturated carbocycles. The van der Waals surface area contributed by atoms with Gasteiger partial charge in [-0.25, -0.2) is 4.98 Å². The van der Waals surface area contributed by atoms with Gasteiger partial charge in [0.15, 0.2) is 5.13 Å². The van der Waals surface area contributed by atoms with Crippen LogP contribution in [0.5, 0.6) is 0 Å². The normalized spacial score (nSPS) is 12.5. The molecule has 4 aromatic rings. The van der Waals surface area contributed by atoms with E-state index in [1.807, 2.05) is 12.1 Å². The second kappa shape index (κ2) is 13.6. The van der Waals surface area contributed by atoms with Gasteiger partial charge in [0, 0.05) is 28.7 Å². The number of benzene rings is 3. The predicted molar refractivity (Wildman–Crippen MR) is 166 cm³/mol. The van der Waals surface area contributed by atoms with E-state index < -0.39 is 5.97 Å². The summed E-state index contributed by atoms with van der Waals surface area (Å²) in [7, 11) is 0. The molecule has 0 radical (unpaired) electrons. The lowest BCUT2D eigenvalue weighted by Gasteiger charge is -2.25. The van der Waals surface area contributed by atoms with Crippen LogP contribution in [-0.2, 0) is 30.6 Å².